The Kier molecular flexibility index (Phi) is 6.01. The molecule has 4 rings (SSSR count). The molecule has 0 bridgehead atoms. The summed E-state index contributed by atoms with van der Waals surface area (Å²) in [6, 6.07) is 11.8. The third-order valence-corrected chi connectivity index (χ3v) is 6.53. The van der Waals surface area contributed by atoms with Crippen molar-refractivity contribution >= 4 is 39.5 Å². The quantitative estimate of drug-likeness (QED) is 0.729. The average Bonchev–Trinajstić information content (AvgIpc) is 3.54. The van der Waals surface area contributed by atoms with Crippen molar-refractivity contribution in [3.05, 3.63) is 52.6 Å². The Morgan fingerprint density at radius 1 is 1.14 bits per heavy atom. The zero-order valence-electron chi connectivity index (χ0n) is 15.4. The second kappa shape index (κ2) is 8.66. The molecule has 1 aliphatic heterocycles. The smallest absolute Gasteiger partial charge is 0.255 e. The van der Waals surface area contributed by atoms with E-state index in [1.165, 1.54) is 11.8 Å². The maximum absolute atomic E-state index is 13.2. The summed E-state index contributed by atoms with van der Waals surface area (Å²) in [6.45, 7) is 1.19. The summed E-state index contributed by atoms with van der Waals surface area (Å²) >= 11 is 4.87. The molecule has 1 aliphatic carbocycles. The number of hydrogen-bond donors (Lipinski definition) is 1. The number of pyridine rings is 1. The molecule has 1 N–H and O–H groups in total. The van der Waals surface area contributed by atoms with Crippen molar-refractivity contribution in [3.8, 4) is 0 Å². The summed E-state index contributed by atoms with van der Waals surface area (Å²) in [5.41, 5.74) is 0.667. The van der Waals surface area contributed by atoms with Crippen molar-refractivity contribution < 1.29 is 9.59 Å². The Bertz CT molecular complexity index is 870. The van der Waals surface area contributed by atoms with E-state index in [9.17, 15) is 9.59 Å². The number of halogens is 1. The van der Waals surface area contributed by atoms with Gasteiger partial charge in [-0.15, -0.1) is 0 Å². The van der Waals surface area contributed by atoms with Crippen LogP contribution >= 0.6 is 27.7 Å². The van der Waals surface area contributed by atoms with E-state index in [0.29, 0.717) is 24.7 Å². The van der Waals surface area contributed by atoms with Crippen molar-refractivity contribution in [2.45, 2.75) is 41.6 Å². The molecule has 0 spiro atoms. The molecule has 2 heterocycles. The van der Waals surface area contributed by atoms with Gasteiger partial charge in [0.15, 0.2) is 0 Å². The Morgan fingerprint density at radius 2 is 1.96 bits per heavy atom. The number of likely N-dealkylation sites (tertiary alicyclic amines) is 1. The molecule has 2 aromatic rings. The molecule has 28 heavy (non-hydrogen) atoms. The highest BCUT2D eigenvalue weighted by atomic mass is 79.9. The number of piperidine rings is 1. The van der Waals surface area contributed by atoms with Gasteiger partial charge < -0.3 is 10.2 Å². The van der Waals surface area contributed by atoms with Gasteiger partial charge in [0.2, 0.25) is 5.91 Å². The molecule has 7 heteroatoms. The van der Waals surface area contributed by atoms with Crippen LogP contribution in [-0.4, -0.2) is 40.8 Å². The summed E-state index contributed by atoms with van der Waals surface area (Å²) in [4.78, 5) is 32.7. The van der Waals surface area contributed by atoms with Crippen LogP contribution in [0.15, 0.2) is 57.0 Å². The molecule has 1 unspecified atom stereocenters. The number of benzene rings is 1. The standard InChI is InChI=1S/C21H22BrN3O2S/c22-15-7-10-19(23-12-15)28-18-6-2-1-5-17(18)21(27)25-11-3-4-14(13-25)20(26)24-16-8-9-16/h1-2,5-7,10,12,14,16H,3-4,8-9,11,13H2,(H,24,26). The van der Waals surface area contributed by atoms with Crippen molar-refractivity contribution in [3.63, 3.8) is 0 Å². The minimum absolute atomic E-state index is 0.0101. The monoisotopic (exact) mass is 459 g/mol. The molecule has 2 aliphatic rings. The molecule has 1 saturated carbocycles. The van der Waals surface area contributed by atoms with Crippen LogP contribution in [0, 0.1) is 5.92 Å². The lowest BCUT2D eigenvalue weighted by molar-refractivity contribution is -0.126. The first-order valence-electron chi connectivity index (χ1n) is 9.58. The van der Waals surface area contributed by atoms with Crippen molar-refractivity contribution in [2.24, 2.45) is 5.92 Å². The van der Waals surface area contributed by atoms with E-state index in [-0.39, 0.29) is 17.7 Å². The Labute approximate surface area is 177 Å². The van der Waals surface area contributed by atoms with Gasteiger partial charge in [0.1, 0.15) is 5.03 Å². The first-order valence-corrected chi connectivity index (χ1v) is 11.2. The van der Waals surface area contributed by atoms with Gasteiger partial charge in [0.25, 0.3) is 5.91 Å². The van der Waals surface area contributed by atoms with Gasteiger partial charge in [-0.3, -0.25) is 9.59 Å². The van der Waals surface area contributed by atoms with Crippen molar-refractivity contribution in [2.75, 3.05) is 13.1 Å². The highest BCUT2D eigenvalue weighted by Crippen LogP contribution is 2.31. The molecular formula is C21H22BrN3O2S. The highest BCUT2D eigenvalue weighted by Gasteiger charge is 2.32. The number of aromatic nitrogens is 1. The van der Waals surface area contributed by atoms with E-state index in [1.54, 1.807) is 6.20 Å². The fourth-order valence-corrected chi connectivity index (χ4v) is 4.47. The second-order valence-electron chi connectivity index (χ2n) is 7.29. The maximum atomic E-state index is 13.2. The van der Waals surface area contributed by atoms with E-state index in [2.05, 4.69) is 26.2 Å². The van der Waals surface area contributed by atoms with Gasteiger partial charge in [0, 0.05) is 34.7 Å². The van der Waals surface area contributed by atoms with Crippen LogP contribution in [0.5, 0.6) is 0 Å². The SMILES string of the molecule is O=C(NC1CC1)C1CCCN(C(=O)c2ccccc2Sc2ccc(Br)cn2)C1. The molecule has 1 saturated heterocycles. The van der Waals surface area contributed by atoms with Gasteiger partial charge in [-0.05, 0) is 65.9 Å². The first-order chi connectivity index (χ1) is 13.6. The normalized spacial score (nSPS) is 19.3. The summed E-state index contributed by atoms with van der Waals surface area (Å²) < 4.78 is 0.921. The number of hydrogen-bond acceptors (Lipinski definition) is 4. The van der Waals surface area contributed by atoms with Gasteiger partial charge in [-0.2, -0.15) is 0 Å². The van der Waals surface area contributed by atoms with Crippen LogP contribution in [0.3, 0.4) is 0 Å². The van der Waals surface area contributed by atoms with Gasteiger partial charge in [-0.25, -0.2) is 4.98 Å². The largest absolute Gasteiger partial charge is 0.353 e. The fraction of sp³-hybridized carbons (Fsp3) is 0.381. The van der Waals surface area contributed by atoms with Crippen LogP contribution < -0.4 is 5.32 Å². The number of nitrogens with one attached hydrogen (secondary N) is 1. The molecule has 2 amide bonds. The molecule has 1 aromatic heterocycles. The average molecular weight is 460 g/mol. The first kappa shape index (κ1) is 19.5. The molecule has 5 nitrogen and oxygen atoms in total. The molecule has 1 atom stereocenters. The lowest BCUT2D eigenvalue weighted by Crippen LogP contribution is -2.46. The van der Waals surface area contributed by atoms with Crippen LogP contribution in [0.4, 0.5) is 0 Å². The van der Waals surface area contributed by atoms with Gasteiger partial charge >= 0.3 is 0 Å². The Hall–Kier alpha value is -1.86. The zero-order valence-corrected chi connectivity index (χ0v) is 17.8. The van der Waals surface area contributed by atoms with Crippen molar-refractivity contribution in [1.82, 2.24) is 15.2 Å². The number of amides is 2. The van der Waals surface area contributed by atoms with E-state index in [1.807, 2.05) is 41.3 Å². The molecule has 0 radical (unpaired) electrons. The summed E-state index contributed by atoms with van der Waals surface area (Å²) in [5, 5.41) is 3.92. The van der Waals surface area contributed by atoms with Crippen LogP contribution in [-0.2, 0) is 4.79 Å². The van der Waals surface area contributed by atoms with Crippen LogP contribution in [0.2, 0.25) is 0 Å². The van der Waals surface area contributed by atoms with E-state index in [0.717, 1.165) is 40.1 Å². The molecular weight excluding hydrogens is 438 g/mol. The molecule has 146 valence electrons. The predicted octanol–water partition coefficient (Wildman–Crippen LogP) is 4.13. The van der Waals surface area contributed by atoms with Crippen molar-refractivity contribution in [1.29, 1.82) is 0 Å². The highest BCUT2D eigenvalue weighted by molar-refractivity contribution is 9.10. The fourth-order valence-electron chi connectivity index (χ4n) is 3.36. The summed E-state index contributed by atoms with van der Waals surface area (Å²) in [6.07, 6.45) is 5.62. The minimum Gasteiger partial charge on any atom is -0.353 e. The Morgan fingerprint density at radius 3 is 2.71 bits per heavy atom. The lowest BCUT2D eigenvalue weighted by Gasteiger charge is -2.32. The number of nitrogens with zero attached hydrogens (tertiary/aromatic N) is 2. The predicted molar refractivity (Wildman–Crippen MR) is 112 cm³/mol. The molecule has 1 aromatic carbocycles. The maximum Gasteiger partial charge on any atom is 0.255 e. The minimum atomic E-state index is -0.105. The van der Waals surface area contributed by atoms with Crippen LogP contribution in [0.1, 0.15) is 36.0 Å². The number of carbonyl (C=O) groups excluding carboxylic acids is 2. The van der Waals surface area contributed by atoms with Crippen LogP contribution in [0.25, 0.3) is 0 Å². The van der Waals surface area contributed by atoms with Gasteiger partial charge in [0.05, 0.1) is 11.5 Å². The summed E-state index contributed by atoms with van der Waals surface area (Å²) in [5.74, 6) is -0.0166. The lowest BCUT2D eigenvalue weighted by atomic mass is 9.96. The third-order valence-electron chi connectivity index (χ3n) is 5.04. The topological polar surface area (TPSA) is 62.3 Å². The van der Waals surface area contributed by atoms with E-state index in [4.69, 9.17) is 0 Å². The zero-order chi connectivity index (χ0) is 19.5. The van der Waals surface area contributed by atoms with E-state index < -0.39 is 0 Å². The van der Waals surface area contributed by atoms with E-state index >= 15 is 0 Å². The number of rotatable bonds is 5. The summed E-state index contributed by atoms with van der Waals surface area (Å²) in [7, 11) is 0. The third kappa shape index (κ3) is 4.75. The second-order valence-corrected chi connectivity index (χ2v) is 9.26. The molecule has 2 fully saturated rings. The Balaban J connectivity index is 1.47. The van der Waals surface area contributed by atoms with Gasteiger partial charge in [-0.1, -0.05) is 23.9 Å². The number of carbonyl (C=O) groups is 2.